The van der Waals surface area contributed by atoms with Gasteiger partial charge in [0, 0.05) is 4.47 Å². The van der Waals surface area contributed by atoms with Gasteiger partial charge in [-0.3, -0.25) is 0 Å². The van der Waals surface area contributed by atoms with Crippen molar-refractivity contribution in [3.05, 3.63) is 47.0 Å². The van der Waals surface area contributed by atoms with Gasteiger partial charge >= 0.3 is 12.0 Å². The van der Waals surface area contributed by atoms with Gasteiger partial charge in [-0.05, 0) is 28.1 Å². The number of para-hydroxylation sites is 1. The number of benzene rings is 1. The predicted molar refractivity (Wildman–Crippen MR) is 75.8 cm³/mol. The number of rotatable bonds is 3. The van der Waals surface area contributed by atoms with Crippen LogP contribution >= 0.6 is 15.9 Å². The topological polar surface area (TPSA) is 104 Å². The Hall–Kier alpha value is -2.48. The van der Waals surface area contributed by atoms with Crippen molar-refractivity contribution in [1.82, 2.24) is 9.97 Å². The molecule has 20 heavy (non-hydrogen) atoms. The molecular formula is C12H9BrN4O3. The highest BCUT2D eigenvalue weighted by molar-refractivity contribution is 9.10. The minimum Gasteiger partial charge on any atom is -0.478 e. The smallest absolute Gasteiger partial charge is 0.337 e. The van der Waals surface area contributed by atoms with Crippen molar-refractivity contribution < 1.29 is 14.7 Å². The number of aromatic carboxylic acids is 1. The highest BCUT2D eigenvalue weighted by Gasteiger charge is 2.15. The van der Waals surface area contributed by atoms with E-state index in [9.17, 15) is 9.59 Å². The number of halogens is 1. The Kier molecular flexibility index (Phi) is 4.26. The fraction of sp³-hybridized carbons (Fsp3) is 0. The second-order valence-corrected chi connectivity index (χ2v) is 4.53. The second-order valence-electron chi connectivity index (χ2n) is 3.67. The third-order valence-electron chi connectivity index (χ3n) is 2.30. The maximum absolute atomic E-state index is 11.8. The summed E-state index contributed by atoms with van der Waals surface area (Å²) in [6, 6.07) is 4.01. The highest BCUT2D eigenvalue weighted by atomic mass is 79.9. The van der Waals surface area contributed by atoms with Crippen molar-refractivity contribution in [2.24, 2.45) is 0 Å². The maximum Gasteiger partial charge on any atom is 0.337 e. The molecule has 0 fully saturated rings. The first kappa shape index (κ1) is 13.9. The summed E-state index contributed by atoms with van der Waals surface area (Å²) < 4.78 is 0.469. The molecule has 0 saturated carbocycles. The molecule has 1 heterocycles. The number of nitrogens with one attached hydrogen (secondary N) is 2. The first-order valence-corrected chi connectivity index (χ1v) is 6.22. The number of amides is 2. The van der Waals surface area contributed by atoms with Gasteiger partial charge in [-0.1, -0.05) is 6.07 Å². The van der Waals surface area contributed by atoms with Crippen LogP contribution in [0, 0.1) is 0 Å². The molecule has 0 radical (unpaired) electrons. The standard InChI is InChI=1S/C12H9BrN4O3/c13-9-3-1-2-8(11(18)19)10(9)17-12(20)16-7-4-14-6-15-5-7/h1-6H,(H,18,19)(H2,16,17,20). The minimum absolute atomic E-state index is 0.0150. The zero-order valence-electron chi connectivity index (χ0n) is 10.0. The van der Waals surface area contributed by atoms with Gasteiger partial charge in [-0.2, -0.15) is 0 Å². The summed E-state index contributed by atoms with van der Waals surface area (Å²) in [5, 5.41) is 14.1. The first-order chi connectivity index (χ1) is 9.58. The molecule has 2 aromatic rings. The summed E-state index contributed by atoms with van der Waals surface area (Å²) in [5.74, 6) is -1.13. The van der Waals surface area contributed by atoms with Gasteiger partial charge in [-0.25, -0.2) is 19.6 Å². The van der Waals surface area contributed by atoms with E-state index < -0.39 is 12.0 Å². The lowest BCUT2D eigenvalue weighted by atomic mass is 10.2. The summed E-state index contributed by atoms with van der Waals surface area (Å²) in [5.41, 5.74) is 0.558. The van der Waals surface area contributed by atoms with E-state index in [-0.39, 0.29) is 11.3 Å². The lowest BCUT2D eigenvalue weighted by molar-refractivity contribution is 0.0698. The van der Waals surface area contributed by atoms with E-state index in [4.69, 9.17) is 5.11 Å². The number of anilines is 2. The Balaban J connectivity index is 2.18. The predicted octanol–water partition coefficient (Wildman–Crippen LogP) is 2.58. The number of hydrogen-bond acceptors (Lipinski definition) is 4. The average molecular weight is 337 g/mol. The van der Waals surface area contributed by atoms with Crippen LogP contribution in [-0.4, -0.2) is 27.1 Å². The number of carbonyl (C=O) groups is 2. The second kappa shape index (κ2) is 6.11. The summed E-state index contributed by atoms with van der Waals surface area (Å²) >= 11 is 3.20. The van der Waals surface area contributed by atoms with Crippen molar-refractivity contribution in [3.8, 4) is 0 Å². The largest absolute Gasteiger partial charge is 0.478 e. The molecule has 1 aromatic carbocycles. The molecule has 2 rings (SSSR count). The molecule has 0 unspecified atom stereocenters. The summed E-state index contributed by atoms with van der Waals surface area (Å²) in [7, 11) is 0. The third kappa shape index (κ3) is 3.29. The average Bonchev–Trinajstić information content (AvgIpc) is 2.42. The Labute approximate surface area is 122 Å². The van der Waals surface area contributed by atoms with Crippen molar-refractivity contribution >= 4 is 39.3 Å². The molecule has 3 N–H and O–H groups in total. The molecule has 8 heteroatoms. The van der Waals surface area contributed by atoms with Crippen molar-refractivity contribution in [2.45, 2.75) is 0 Å². The van der Waals surface area contributed by atoms with Crippen molar-refractivity contribution in [2.75, 3.05) is 10.6 Å². The number of carbonyl (C=O) groups excluding carboxylic acids is 1. The third-order valence-corrected chi connectivity index (χ3v) is 2.96. The Morgan fingerprint density at radius 2 is 1.85 bits per heavy atom. The van der Waals surface area contributed by atoms with Gasteiger partial charge in [0.1, 0.15) is 6.33 Å². The van der Waals surface area contributed by atoms with Crippen LogP contribution in [0.1, 0.15) is 10.4 Å². The monoisotopic (exact) mass is 336 g/mol. The van der Waals surface area contributed by atoms with E-state index in [1.54, 1.807) is 12.1 Å². The Morgan fingerprint density at radius 3 is 2.50 bits per heavy atom. The first-order valence-electron chi connectivity index (χ1n) is 5.43. The van der Waals surface area contributed by atoms with E-state index in [1.807, 2.05) is 0 Å². The Morgan fingerprint density at radius 1 is 1.15 bits per heavy atom. The van der Waals surface area contributed by atoms with Crippen molar-refractivity contribution in [1.29, 1.82) is 0 Å². The normalized spacial score (nSPS) is 9.85. The summed E-state index contributed by atoms with van der Waals surface area (Å²) in [6.45, 7) is 0. The van der Waals surface area contributed by atoms with Crippen LogP contribution in [0.3, 0.4) is 0 Å². The van der Waals surface area contributed by atoms with Gasteiger partial charge in [0.05, 0.1) is 29.3 Å². The number of urea groups is 1. The summed E-state index contributed by atoms with van der Waals surface area (Å²) in [6.07, 6.45) is 4.18. The van der Waals surface area contributed by atoms with Gasteiger partial charge < -0.3 is 15.7 Å². The number of carboxylic acid groups (broad SMARTS) is 1. The SMILES string of the molecule is O=C(Nc1cncnc1)Nc1c(Br)cccc1C(=O)O. The molecule has 0 spiro atoms. The van der Waals surface area contributed by atoms with E-state index in [2.05, 4.69) is 36.5 Å². The van der Waals surface area contributed by atoms with Crippen LogP contribution in [0.25, 0.3) is 0 Å². The van der Waals surface area contributed by atoms with Crippen molar-refractivity contribution in [3.63, 3.8) is 0 Å². The molecule has 0 aliphatic heterocycles. The molecule has 2 amide bonds. The number of hydrogen-bond donors (Lipinski definition) is 3. The number of nitrogens with zero attached hydrogens (tertiary/aromatic N) is 2. The maximum atomic E-state index is 11.8. The molecule has 0 aliphatic carbocycles. The zero-order chi connectivity index (χ0) is 14.5. The van der Waals surface area contributed by atoms with E-state index in [0.717, 1.165) is 0 Å². The molecule has 1 aromatic heterocycles. The van der Waals surface area contributed by atoms with Crippen LogP contribution in [-0.2, 0) is 0 Å². The zero-order valence-corrected chi connectivity index (χ0v) is 11.6. The number of aromatic nitrogens is 2. The van der Waals surface area contributed by atoms with Crippen LogP contribution < -0.4 is 10.6 Å². The van der Waals surface area contributed by atoms with Gasteiger partial charge in [0.2, 0.25) is 0 Å². The number of carboxylic acids is 1. The van der Waals surface area contributed by atoms with Crippen LogP contribution in [0.2, 0.25) is 0 Å². The highest BCUT2D eigenvalue weighted by Crippen LogP contribution is 2.26. The van der Waals surface area contributed by atoms with Crippen LogP contribution in [0.5, 0.6) is 0 Å². The fourth-order valence-corrected chi connectivity index (χ4v) is 1.93. The summed E-state index contributed by atoms with van der Waals surface area (Å²) in [4.78, 5) is 30.4. The lowest BCUT2D eigenvalue weighted by Gasteiger charge is -2.11. The van der Waals surface area contributed by atoms with E-state index in [1.165, 1.54) is 24.8 Å². The quantitative estimate of drug-likeness (QED) is 0.799. The van der Waals surface area contributed by atoms with E-state index in [0.29, 0.717) is 10.2 Å². The van der Waals surface area contributed by atoms with Crippen LogP contribution in [0.4, 0.5) is 16.2 Å². The van der Waals surface area contributed by atoms with E-state index >= 15 is 0 Å². The minimum atomic E-state index is -1.13. The molecular weight excluding hydrogens is 328 g/mol. The van der Waals surface area contributed by atoms with Crippen LogP contribution in [0.15, 0.2) is 41.4 Å². The molecule has 0 saturated heterocycles. The van der Waals surface area contributed by atoms with Gasteiger partial charge in [0.15, 0.2) is 0 Å². The van der Waals surface area contributed by atoms with Gasteiger partial charge in [0.25, 0.3) is 0 Å². The molecule has 7 nitrogen and oxygen atoms in total. The Bertz CT molecular complexity index is 648. The molecule has 0 aliphatic rings. The molecule has 0 bridgehead atoms. The molecule has 0 atom stereocenters. The molecule has 102 valence electrons. The fourth-order valence-electron chi connectivity index (χ4n) is 1.47. The lowest BCUT2D eigenvalue weighted by Crippen LogP contribution is -2.21. The van der Waals surface area contributed by atoms with Gasteiger partial charge in [-0.15, -0.1) is 0 Å².